The first-order chi connectivity index (χ1) is 14.5. The smallest absolute Gasteiger partial charge is 0.225 e. The number of nitrogens with one attached hydrogen (secondary N) is 1. The monoisotopic (exact) mass is 405 g/mol. The number of carbonyl (C=O) groups excluding carboxylic acids is 2. The minimum atomic E-state index is -0.199. The lowest BCUT2D eigenvalue weighted by Gasteiger charge is -2.50. The van der Waals surface area contributed by atoms with Crippen molar-refractivity contribution in [2.45, 2.75) is 57.8 Å². The van der Waals surface area contributed by atoms with Crippen LogP contribution in [0, 0.1) is 23.2 Å². The molecular weight excluding hydrogens is 374 g/mol. The first-order valence-corrected chi connectivity index (χ1v) is 11.4. The molecule has 2 aromatic rings. The van der Waals surface area contributed by atoms with Crippen LogP contribution in [0.2, 0.25) is 0 Å². The van der Waals surface area contributed by atoms with Crippen LogP contribution in [0.25, 0.3) is 0 Å². The molecule has 3 unspecified atom stereocenters. The van der Waals surface area contributed by atoms with Gasteiger partial charge in [-0.1, -0.05) is 31.2 Å². The third kappa shape index (κ3) is 3.19. The van der Waals surface area contributed by atoms with Gasteiger partial charge >= 0.3 is 0 Å². The molecule has 5 heteroatoms. The van der Waals surface area contributed by atoms with Crippen molar-refractivity contribution in [3.63, 3.8) is 0 Å². The van der Waals surface area contributed by atoms with Gasteiger partial charge in [-0.2, -0.15) is 5.10 Å². The summed E-state index contributed by atoms with van der Waals surface area (Å²) in [5, 5.41) is 7.12. The fourth-order valence-electron chi connectivity index (χ4n) is 6.85. The predicted octanol–water partition coefficient (Wildman–Crippen LogP) is 4.49. The van der Waals surface area contributed by atoms with Gasteiger partial charge in [-0.25, -0.2) is 0 Å². The Labute approximate surface area is 178 Å². The van der Waals surface area contributed by atoms with Crippen molar-refractivity contribution < 1.29 is 9.59 Å². The molecule has 0 bridgehead atoms. The number of ketones is 1. The quantitative estimate of drug-likeness (QED) is 0.815. The van der Waals surface area contributed by atoms with E-state index in [1.165, 1.54) is 17.5 Å². The lowest BCUT2D eigenvalue weighted by Crippen LogP contribution is -2.44. The van der Waals surface area contributed by atoms with Gasteiger partial charge in [-0.3, -0.25) is 14.3 Å². The normalized spacial score (nSPS) is 32.3. The molecule has 2 fully saturated rings. The molecule has 1 heterocycles. The van der Waals surface area contributed by atoms with Crippen molar-refractivity contribution in [1.82, 2.24) is 9.78 Å². The summed E-state index contributed by atoms with van der Waals surface area (Å²) in [4.78, 5) is 25.6. The van der Waals surface area contributed by atoms with Crippen molar-refractivity contribution >= 4 is 17.5 Å². The maximum absolute atomic E-state index is 13.1. The van der Waals surface area contributed by atoms with Crippen LogP contribution in [-0.2, 0) is 23.1 Å². The van der Waals surface area contributed by atoms with Crippen LogP contribution in [-0.4, -0.2) is 21.5 Å². The number of amides is 1. The van der Waals surface area contributed by atoms with E-state index in [4.69, 9.17) is 0 Å². The first-order valence-electron chi connectivity index (χ1n) is 11.4. The Bertz CT molecular complexity index is 980. The summed E-state index contributed by atoms with van der Waals surface area (Å²) in [7, 11) is 1.84. The maximum Gasteiger partial charge on any atom is 0.225 e. The van der Waals surface area contributed by atoms with E-state index in [2.05, 4.69) is 41.6 Å². The molecule has 1 aromatic heterocycles. The van der Waals surface area contributed by atoms with E-state index in [0.717, 1.165) is 25.7 Å². The van der Waals surface area contributed by atoms with Gasteiger partial charge in [0.1, 0.15) is 5.78 Å². The highest BCUT2D eigenvalue weighted by atomic mass is 16.1. The van der Waals surface area contributed by atoms with Gasteiger partial charge in [-0.15, -0.1) is 0 Å². The van der Waals surface area contributed by atoms with Gasteiger partial charge in [-0.05, 0) is 66.9 Å². The molecule has 1 amide bonds. The fraction of sp³-hybridized carbons (Fsp3) is 0.560. The molecule has 1 aromatic carbocycles. The first kappa shape index (κ1) is 19.5. The predicted molar refractivity (Wildman–Crippen MR) is 116 cm³/mol. The molecule has 0 aliphatic heterocycles. The van der Waals surface area contributed by atoms with Gasteiger partial charge < -0.3 is 5.32 Å². The summed E-state index contributed by atoms with van der Waals surface area (Å²) in [5.41, 5.74) is 2.81. The Morgan fingerprint density at radius 1 is 1.27 bits per heavy atom. The average Bonchev–Trinajstić information content (AvgIpc) is 3.26. The molecule has 3 aliphatic carbocycles. The Hall–Kier alpha value is -2.43. The van der Waals surface area contributed by atoms with Crippen LogP contribution >= 0.6 is 0 Å². The number of hydrogen-bond acceptors (Lipinski definition) is 3. The van der Waals surface area contributed by atoms with E-state index in [-0.39, 0.29) is 11.3 Å². The summed E-state index contributed by atoms with van der Waals surface area (Å²) in [6, 6.07) is 10.7. The zero-order valence-corrected chi connectivity index (χ0v) is 17.9. The molecule has 5 atom stereocenters. The van der Waals surface area contributed by atoms with E-state index in [0.29, 0.717) is 48.1 Å². The number of rotatable bonds is 4. The Balaban J connectivity index is 1.33. The molecule has 0 saturated heterocycles. The number of anilines is 1. The third-order valence-electron chi connectivity index (χ3n) is 8.21. The summed E-state index contributed by atoms with van der Waals surface area (Å²) >= 11 is 0. The van der Waals surface area contributed by atoms with Crippen molar-refractivity contribution in [2.75, 3.05) is 5.32 Å². The zero-order valence-electron chi connectivity index (χ0n) is 17.9. The minimum Gasteiger partial charge on any atom is -0.309 e. The lowest BCUT2D eigenvalue weighted by molar-refractivity contribution is -0.129. The van der Waals surface area contributed by atoms with Gasteiger partial charge in [0.15, 0.2) is 5.82 Å². The van der Waals surface area contributed by atoms with Crippen LogP contribution in [0.15, 0.2) is 36.5 Å². The van der Waals surface area contributed by atoms with Crippen molar-refractivity contribution in [3.05, 3.63) is 47.7 Å². The van der Waals surface area contributed by atoms with E-state index in [9.17, 15) is 9.59 Å². The van der Waals surface area contributed by atoms with Gasteiger partial charge in [0.25, 0.3) is 0 Å². The van der Waals surface area contributed by atoms with E-state index in [1.54, 1.807) is 10.7 Å². The Kier molecular flexibility index (Phi) is 4.79. The Morgan fingerprint density at radius 2 is 2.10 bits per heavy atom. The fourth-order valence-corrected chi connectivity index (χ4v) is 6.85. The number of carbonyl (C=O) groups is 2. The summed E-state index contributed by atoms with van der Waals surface area (Å²) in [5.74, 6) is 2.88. The SMILES string of the molecule is Cn1ccc(NC(=O)CC[C@@H]2CC(=O)[C@@]3(C)CCC4c5ccccc5CCC4C23)n1. The molecule has 5 rings (SSSR count). The van der Waals surface area contributed by atoms with Gasteiger partial charge in [0, 0.05) is 37.6 Å². The topological polar surface area (TPSA) is 64.0 Å². The van der Waals surface area contributed by atoms with Crippen LogP contribution < -0.4 is 5.32 Å². The number of aromatic nitrogens is 2. The molecule has 2 saturated carbocycles. The van der Waals surface area contributed by atoms with Crippen molar-refractivity contribution in [1.29, 1.82) is 0 Å². The van der Waals surface area contributed by atoms with Crippen LogP contribution in [0.4, 0.5) is 5.82 Å². The molecule has 5 nitrogen and oxygen atoms in total. The summed E-state index contributed by atoms with van der Waals surface area (Å²) < 4.78 is 1.68. The van der Waals surface area contributed by atoms with Crippen molar-refractivity contribution in [3.8, 4) is 0 Å². The van der Waals surface area contributed by atoms with E-state index >= 15 is 0 Å². The van der Waals surface area contributed by atoms with Crippen molar-refractivity contribution in [2.24, 2.45) is 30.2 Å². The standard InChI is InChI=1S/C25H31N3O2/c1-25-13-11-19-18-6-4-3-5-16(18)7-9-20(19)24(25)17(15-21(25)29)8-10-23(30)26-22-12-14-28(2)27-22/h3-6,12,14,17,19-20,24H,7-11,13,15H2,1-2H3,(H,26,27,30)/t17-,19?,20?,24?,25-/m1/s1. The summed E-state index contributed by atoms with van der Waals surface area (Å²) in [6.07, 6.45) is 8.10. The highest BCUT2D eigenvalue weighted by Crippen LogP contribution is 2.62. The molecule has 3 aliphatic rings. The zero-order chi connectivity index (χ0) is 20.9. The minimum absolute atomic E-state index is 0.00361. The third-order valence-corrected chi connectivity index (χ3v) is 8.21. The van der Waals surface area contributed by atoms with Gasteiger partial charge in [0.2, 0.25) is 5.91 Å². The van der Waals surface area contributed by atoms with Crippen LogP contribution in [0.1, 0.15) is 62.5 Å². The second kappa shape index (κ2) is 7.36. The Morgan fingerprint density at radius 3 is 2.90 bits per heavy atom. The molecule has 30 heavy (non-hydrogen) atoms. The summed E-state index contributed by atoms with van der Waals surface area (Å²) in [6.45, 7) is 2.21. The van der Waals surface area contributed by atoms with Crippen LogP contribution in [0.3, 0.4) is 0 Å². The number of aryl methyl sites for hydroxylation is 2. The number of hydrogen-bond donors (Lipinski definition) is 1. The largest absolute Gasteiger partial charge is 0.309 e. The molecule has 0 radical (unpaired) electrons. The maximum atomic E-state index is 13.1. The number of fused-ring (bicyclic) bond motifs is 5. The van der Waals surface area contributed by atoms with Crippen LogP contribution in [0.5, 0.6) is 0 Å². The number of benzene rings is 1. The highest BCUT2D eigenvalue weighted by Gasteiger charge is 2.58. The molecule has 158 valence electrons. The highest BCUT2D eigenvalue weighted by molar-refractivity contribution is 5.90. The average molecular weight is 406 g/mol. The number of nitrogens with zero attached hydrogens (tertiary/aromatic N) is 2. The lowest BCUT2D eigenvalue weighted by atomic mass is 9.54. The van der Waals surface area contributed by atoms with E-state index in [1.807, 2.05) is 13.2 Å². The second-order valence-electron chi connectivity index (χ2n) is 9.84. The van der Waals surface area contributed by atoms with Gasteiger partial charge in [0.05, 0.1) is 0 Å². The number of Topliss-reactive ketones (excluding diaryl/α,β-unsaturated/α-hetero) is 1. The molecular formula is C25H31N3O2. The van der Waals surface area contributed by atoms with E-state index < -0.39 is 0 Å². The molecule has 0 spiro atoms. The molecule has 1 N–H and O–H groups in total. The second-order valence-corrected chi connectivity index (χ2v) is 9.84.